The Bertz CT molecular complexity index is 894. The monoisotopic (exact) mass is 377 g/mol. The van der Waals surface area contributed by atoms with Gasteiger partial charge >= 0.3 is 0 Å². The highest BCUT2D eigenvalue weighted by molar-refractivity contribution is 5.68. The summed E-state index contributed by atoms with van der Waals surface area (Å²) in [6, 6.07) is 11.1. The lowest BCUT2D eigenvalue weighted by Crippen LogP contribution is -3.13. The number of fused-ring (bicyclic) bond motifs is 3. The maximum atomic E-state index is 9.87. The summed E-state index contributed by atoms with van der Waals surface area (Å²) in [6.45, 7) is 4.42. The summed E-state index contributed by atoms with van der Waals surface area (Å²) < 4.78 is 34.0. The van der Waals surface area contributed by atoms with Gasteiger partial charge in [0.25, 0.3) is 0 Å². The fraction of sp³-hybridized carbons (Fsp3) is 0.444. The lowest BCUT2D eigenvalue weighted by atomic mass is 9.73. The number of rotatable bonds is 1. The van der Waals surface area contributed by atoms with E-state index in [1.54, 1.807) is 0 Å². The molecule has 138 valence electrons. The molecule has 0 amide bonds. The van der Waals surface area contributed by atoms with Crippen LogP contribution in [0.25, 0.3) is 5.57 Å². The van der Waals surface area contributed by atoms with Gasteiger partial charge in [-0.05, 0) is 30.9 Å². The molecule has 0 saturated carbocycles. The second kappa shape index (κ2) is 7.08. The van der Waals surface area contributed by atoms with E-state index in [0.29, 0.717) is 0 Å². The largest absolute Gasteiger partial charge is 0.303 e. The first kappa shape index (κ1) is 19.0. The molecule has 3 aliphatic rings. The number of hydrogen-bond donors (Lipinski definition) is 1. The Kier molecular flexibility index (Phi) is 5.17. The molecule has 1 N–H and O–H groups in total. The molecule has 3 heterocycles. The quantitative estimate of drug-likeness (QED) is 0.531. The third-order valence-corrected chi connectivity index (χ3v) is 5.39. The highest BCUT2D eigenvalue weighted by atomic mass is 35.7. The molecule has 4 rings (SSSR count). The number of para-hydroxylation sites is 1. The highest BCUT2D eigenvalue weighted by Gasteiger charge is 2.48. The number of nitriles is 1. The first-order valence-corrected chi connectivity index (χ1v) is 9.82. The molecule has 1 aromatic carbocycles. The van der Waals surface area contributed by atoms with Crippen LogP contribution in [0.2, 0.25) is 0 Å². The summed E-state index contributed by atoms with van der Waals surface area (Å²) in [5.41, 5.74) is 3.50. The van der Waals surface area contributed by atoms with Crippen LogP contribution in [0, 0.1) is 27.0 Å². The normalized spacial score (nSPS) is 26.6. The van der Waals surface area contributed by atoms with Crippen LogP contribution in [0.4, 0.5) is 0 Å². The van der Waals surface area contributed by atoms with E-state index in [2.05, 4.69) is 31.2 Å². The molecule has 8 heteroatoms. The minimum Gasteiger partial charge on any atom is -0.303 e. The Morgan fingerprint density at radius 1 is 1.23 bits per heavy atom. The number of piperidine rings is 1. The zero-order valence-corrected chi connectivity index (χ0v) is 15.2. The van der Waals surface area contributed by atoms with E-state index in [-0.39, 0.29) is 5.41 Å². The molecule has 0 radical (unpaired) electrons. The second-order valence-electron chi connectivity index (χ2n) is 6.71. The Morgan fingerprint density at radius 3 is 2.58 bits per heavy atom. The van der Waals surface area contributed by atoms with E-state index in [1.165, 1.54) is 21.4 Å². The van der Waals surface area contributed by atoms with Crippen molar-refractivity contribution in [3.05, 3.63) is 46.2 Å². The molecule has 2 unspecified atom stereocenters. The third-order valence-electron chi connectivity index (χ3n) is 5.39. The fourth-order valence-corrected chi connectivity index (χ4v) is 4.26. The standard InChI is InChI=1S/C18H19N3.ClHO4/c1-2-18(12-19)9-5-10-21-11-8-14-13-6-3-4-7-15(13)20-16(14)17(18)21;2-1(3,4)5/h3-4,6-7H,2,5,8-11H2,1H3;(H,2,3,4,5). The van der Waals surface area contributed by atoms with Crippen molar-refractivity contribution in [1.29, 1.82) is 5.26 Å². The van der Waals surface area contributed by atoms with Gasteiger partial charge in [-0.15, -0.1) is 10.2 Å². The number of halogens is 1. The summed E-state index contributed by atoms with van der Waals surface area (Å²) in [6.07, 6.45) is 4.11. The van der Waals surface area contributed by atoms with Gasteiger partial charge in [-0.25, -0.2) is 23.6 Å². The average Bonchev–Trinajstić information content (AvgIpc) is 2.98. The van der Waals surface area contributed by atoms with Crippen molar-refractivity contribution < 1.29 is 33.8 Å². The van der Waals surface area contributed by atoms with E-state index in [9.17, 15) is 5.26 Å². The Hall–Kier alpha value is -1.79. The minimum atomic E-state index is -4.94. The molecule has 7 nitrogen and oxygen atoms in total. The van der Waals surface area contributed by atoms with Gasteiger partial charge in [0.05, 0.1) is 24.5 Å². The van der Waals surface area contributed by atoms with Crippen LogP contribution in [0.15, 0.2) is 40.7 Å². The van der Waals surface area contributed by atoms with E-state index < -0.39 is 10.2 Å². The van der Waals surface area contributed by atoms with Crippen LogP contribution in [0.3, 0.4) is 0 Å². The molecule has 0 aliphatic carbocycles. The summed E-state index contributed by atoms with van der Waals surface area (Å²) in [7, 11) is -4.94. The molecule has 1 saturated heterocycles. The number of allylic oxidation sites excluding steroid dienone is 2. The zero-order chi connectivity index (χ0) is 18.9. The van der Waals surface area contributed by atoms with Gasteiger partial charge < -0.3 is 4.90 Å². The lowest BCUT2D eigenvalue weighted by molar-refractivity contribution is -2.00. The SMILES string of the molecule is CCC1(C#N)CCC[NH+]2CCC3=c4ccccc4=NC3=C21.[O-][Cl+3]([O-])([O-])[O-]. The van der Waals surface area contributed by atoms with Crippen LogP contribution in [-0.4, -0.2) is 13.1 Å². The second-order valence-corrected chi connectivity index (χ2v) is 7.47. The molecule has 0 aromatic heterocycles. The maximum absolute atomic E-state index is 9.87. The van der Waals surface area contributed by atoms with Crippen molar-refractivity contribution in [2.24, 2.45) is 10.4 Å². The van der Waals surface area contributed by atoms with Crippen molar-refractivity contribution in [2.45, 2.75) is 32.6 Å². The van der Waals surface area contributed by atoms with Crippen LogP contribution >= 0.6 is 0 Å². The Morgan fingerprint density at radius 2 is 1.92 bits per heavy atom. The molecule has 1 fully saturated rings. The summed E-state index contributed by atoms with van der Waals surface area (Å²) in [4.78, 5) is 6.42. The molecule has 3 aliphatic heterocycles. The Balaban J connectivity index is 0.000000349. The molecule has 0 bridgehead atoms. The van der Waals surface area contributed by atoms with Gasteiger partial charge in [-0.3, -0.25) is 0 Å². The molecular formula is C18H20ClN3O4. The van der Waals surface area contributed by atoms with Crippen molar-refractivity contribution in [2.75, 3.05) is 13.1 Å². The number of nitrogens with one attached hydrogen (secondary N) is 1. The topological polar surface area (TPSA) is 133 Å². The third kappa shape index (κ3) is 3.53. The number of quaternary nitrogens is 1. The van der Waals surface area contributed by atoms with Crippen LogP contribution in [0.1, 0.15) is 32.6 Å². The van der Waals surface area contributed by atoms with Crippen LogP contribution < -0.4 is 34.1 Å². The number of benzene rings is 1. The molecule has 2 atom stereocenters. The average molecular weight is 378 g/mol. The summed E-state index contributed by atoms with van der Waals surface area (Å²) in [5, 5.41) is 12.2. The van der Waals surface area contributed by atoms with Crippen LogP contribution in [0.5, 0.6) is 0 Å². The van der Waals surface area contributed by atoms with E-state index >= 15 is 0 Å². The molecular weight excluding hydrogens is 358 g/mol. The van der Waals surface area contributed by atoms with Crippen molar-refractivity contribution in [3.63, 3.8) is 0 Å². The first-order chi connectivity index (χ1) is 12.3. The summed E-state index contributed by atoms with van der Waals surface area (Å²) >= 11 is 0. The Labute approximate surface area is 153 Å². The predicted molar refractivity (Wildman–Crippen MR) is 80.5 cm³/mol. The molecule has 0 spiro atoms. The highest BCUT2D eigenvalue weighted by Crippen LogP contribution is 2.40. The van der Waals surface area contributed by atoms with Gasteiger partial charge in [0.1, 0.15) is 11.1 Å². The van der Waals surface area contributed by atoms with Gasteiger partial charge in [0.2, 0.25) is 0 Å². The fourth-order valence-electron chi connectivity index (χ4n) is 4.26. The zero-order valence-electron chi connectivity index (χ0n) is 14.5. The van der Waals surface area contributed by atoms with Crippen LogP contribution in [-0.2, 0) is 0 Å². The van der Waals surface area contributed by atoms with E-state index in [1.807, 2.05) is 6.07 Å². The van der Waals surface area contributed by atoms with Crippen molar-refractivity contribution in [3.8, 4) is 6.07 Å². The lowest BCUT2D eigenvalue weighted by Gasteiger charge is -2.40. The minimum absolute atomic E-state index is 0.305. The van der Waals surface area contributed by atoms with Gasteiger partial charge in [0.15, 0.2) is 5.70 Å². The van der Waals surface area contributed by atoms with Gasteiger partial charge in [-0.2, -0.15) is 5.26 Å². The van der Waals surface area contributed by atoms with Crippen molar-refractivity contribution >= 4 is 5.57 Å². The first-order valence-electron chi connectivity index (χ1n) is 8.59. The number of hydrogen-bond acceptors (Lipinski definition) is 6. The molecule has 1 aromatic rings. The van der Waals surface area contributed by atoms with Crippen molar-refractivity contribution in [1.82, 2.24) is 0 Å². The van der Waals surface area contributed by atoms with E-state index in [4.69, 9.17) is 23.6 Å². The predicted octanol–water partition coefficient (Wildman–Crippen LogP) is -4.07. The molecule has 26 heavy (non-hydrogen) atoms. The maximum Gasteiger partial charge on any atom is 0.154 e. The van der Waals surface area contributed by atoms with Gasteiger partial charge in [0, 0.05) is 11.6 Å². The number of nitrogens with zero attached hydrogens (tertiary/aromatic N) is 2. The van der Waals surface area contributed by atoms with Gasteiger partial charge in [-0.1, -0.05) is 25.1 Å². The summed E-state index contributed by atoms with van der Waals surface area (Å²) in [5.74, 6) is 0. The smallest absolute Gasteiger partial charge is 0.154 e. The van der Waals surface area contributed by atoms with E-state index in [0.717, 1.165) is 49.8 Å².